The van der Waals surface area contributed by atoms with Crippen LogP contribution in [0.3, 0.4) is 0 Å². The number of rotatable bonds is 7. The molecule has 0 unspecified atom stereocenters. The topological polar surface area (TPSA) is 29.5 Å². The normalized spacial score (nSPS) is 9.57. The lowest BCUT2D eigenvalue weighted by molar-refractivity contribution is -0.143. The molecular weight excluding hydrogens is 178 g/mol. The highest BCUT2D eigenvalue weighted by atomic mass is 16.5. The van der Waals surface area contributed by atoms with Gasteiger partial charge in [-0.05, 0) is 6.92 Å². The van der Waals surface area contributed by atoms with Crippen LogP contribution in [0.4, 0.5) is 0 Å². The molecule has 0 aromatic rings. The fourth-order valence-corrected chi connectivity index (χ4v) is 0.818. The zero-order valence-electron chi connectivity index (χ0n) is 8.66. The minimum Gasteiger partial charge on any atom is -0.446 e. The third-order valence-electron chi connectivity index (χ3n) is 1.50. The van der Waals surface area contributed by atoms with E-state index in [1.165, 1.54) is 0 Å². The van der Waals surface area contributed by atoms with Gasteiger partial charge in [-0.2, -0.15) is 0 Å². The van der Waals surface area contributed by atoms with Crippen molar-refractivity contribution in [3.05, 3.63) is 37.5 Å². The van der Waals surface area contributed by atoms with Gasteiger partial charge in [0.15, 0.2) is 0 Å². The molecule has 0 radical (unpaired) electrons. The Hall–Kier alpha value is -1.35. The molecule has 0 N–H and O–H groups in total. The number of carbonyl (C=O) groups is 1. The average molecular weight is 195 g/mol. The van der Waals surface area contributed by atoms with Crippen LogP contribution in [0.15, 0.2) is 37.5 Å². The summed E-state index contributed by atoms with van der Waals surface area (Å²) in [4.78, 5) is 12.9. The van der Waals surface area contributed by atoms with E-state index in [0.717, 1.165) is 0 Å². The molecule has 0 amide bonds. The monoisotopic (exact) mass is 195 g/mol. The molecule has 0 bridgehead atoms. The Kier molecular flexibility index (Phi) is 6.41. The summed E-state index contributed by atoms with van der Waals surface area (Å²) in [5.41, 5.74) is 0.405. The molecule has 0 fully saturated rings. The van der Waals surface area contributed by atoms with Crippen LogP contribution in [0.25, 0.3) is 0 Å². The number of carbonyl (C=O) groups excluding carboxylic acids is 1. The molecule has 0 saturated carbocycles. The van der Waals surface area contributed by atoms with Crippen molar-refractivity contribution < 1.29 is 9.53 Å². The summed E-state index contributed by atoms with van der Waals surface area (Å²) < 4.78 is 4.96. The third-order valence-corrected chi connectivity index (χ3v) is 1.50. The molecule has 0 aliphatic carbocycles. The molecule has 0 aromatic carbocycles. The van der Waals surface area contributed by atoms with Crippen molar-refractivity contribution in [1.82, 2.24) is 4.90 Å². The van der Waals surface area contributed by atoms with Gasteiger partial charge in [0.05, 0.1) is 0 Å². The highest BCUT2D eigenvalue weighted by Gasteiger charge is 2.06. The standard InChI is InChI=1S/C11H17NO2/c1-5-7-12(8-6-2)9-14-11(13)10(3)4/h5-6H,1-3,7-9H2,4H3. The van der Waals surface area contributed by atoms with Crippen LogP contribution in [0.1, 0.15) is 6.92 Å². The van der Waals surface area contributed by atoms with Gasteiger partial charge in [-0.1, -0.05) is 18.7 Å². The van der Waals surface area contributed by atoms with Crippen LogP contribution in [0.2, 0.25) is 0 Å². The van der Waals surface area contributed by atoms with Crippen molar-refractivity contribution in [3.8, 4) is 0 Å². The summed E-state index contributed by atoms with van der Waals surface area (Å²) in [7, 11) is 0. The summed E-state index contributed by atoms with van der Waals surface area (Å²) in [6.45, 7) is 13.9. The first-order valence-corrected chi connectivity index (χ1v) is 4.38. The molecule has 0 aliphatic heterocycles. The summed E-state index contributed by atoms with van der Waals surface area (Å²) in [5, 5.41) is 0. The second-order valence-corrected chi connectivity index (χ2v) is 2.95. The van der Waals surface area contributed by atoms with E-state index in [4.69, 9.17) is 4.74 Å². The maximum absolute atomic E-state index is 11.1. The van der Waals surface area contributed by atoms with Crippen molar-refractivity contribution in [1.29, 1.82) is 0 Å². The highest BCUT2D eigenvalue weighted by Crippen LogP contribution is 1.95. The van der Waals surface area contributed by atoms with Crippen LogP contribution in [-0.4, -0.2) is 30.7 Å². The molecule has 0 aliphatic rings. The summed E-state index contributed by atoms with van der Waals surface area (Å²) in [5.74, 6) is -0.372. The van der Waals surface area contributed by atoms with E-state index in [9.17, 15) is 4.79 Å². The molecule has 0 aromatic heterocycles. The second kappa shape index (κ2) is 7.09. The van der Waals surface area contributed by atoms with Gasteiger partial charge in [0, 0.05) is 18.7 Å². The van der Waals surface area contributed by atoms with Crippen LogP contribution in [0, 0.1) is 0 Å². The Morgan fingerprint density at radius 3 is 2.21 bits per heavy atom. The Balaban J connectivity index is 3.91. The van der Waals surface area contributed by atoms with Crippen molar-refractivity contribution >= 4 is 5.97 Å². The summed E-state index contributed by atoms with van der Waals surface area (Å²) in [6, 6.07) is 0. The van der Waals surface area contributed by atoms with Crippen LogP contribution < -0.4 is 0 Å². The smallest absolute Gasteiger partial charge is 0.334 e. The first-order chi connectivity index (χ1) is 6.61. The van der Waals surface area contributed by atoms with Gasteiger partial charge in [-0.25, -0.2) is 4.79 Å². The minimum atomic E-state index is -0.372. The summed E-state index contributed by atoms with van der Waals surface area (Å²) >= 11 is 0. The predicted octanol–water partition coefficient (Wildman–Crippen LogP) is 1.74. The molecule has 0 spiro atoms. The van der Waals surface area contributed by atoms with Gasteiger partial charge in [0.25, 0.3) is 0 Å². The Labute approximate surface area is 85.4 Å². The molecule has 14 heavy (non-hydrogen) atoms. The maximum Gasteiger partial charge on any atom is 0.334 e. The quantitative estimate of drug-likeness (QED) is 0.268. The summed E-state index contributed by atoms with van der Waals surface area (Å²) in [6.07, 6.45) is 3.50. The van der Waals surface area contributed by atoms with E-state index in [1.54, 1.807) is 19.1 Å². The lowest BCUT2D eigenvalue weighted by Gasteiger charge is -2.18. The Bertz CT molecular complexity index is 223. The minimum absolute atomic E-state index is 0.240. The van der Waals surface area contributed by atoms with E-state index in [1.807, 2.05) is 4.90 Å². The number of ether oxygens (including phenoxy) is 1. The zero-order chi connectivity index (χ0) is 11.0. The fourth-order valence-electron chi connectivity index (χ4n) is 0.818. The number of nitrogens with zero attached hydrogens (tertiary/aromatic N) is 1. The zero-order valence-corrected chi connectivity index (χ0v) is 8.66. The molecule has 3 heteroatoms. The van der Waals surface area contributed by atoms with E-state index in [0.29, 0.717) is 18.7 Å². The first kappa shape index (κ1) is 12.7. The van der Waals surface area contributed by atoms with Gasteiger partial charge >= 0.3 is 5.97 Å². The van der Waals surface area contributed by atoms with Crippen molar-refractivity contribution in [2.24, 2.45) is 0 Å². The van der Waals surface area contributed by atoms with E-state index in [-0.39, 0.29) is 12.7 Å². The van der Waals surface area contributed by atoms with Gasteiger partial charge in [-0.15, -0.1) is 13.2 Å². The number of hydrogen-bond acceptors (Lipinski definition) is 3. The molecule has 0 rings (SSSR count). The molecule has 0 atom stereocenters. The maximum atomic E-state index is 11.1. The van der Waals surface area contributed by atoms with E-state index in [2.05, 4.69) is 19.7 Å². The van der Waals surface area contributed by atoms with Crippen molar-refractivity contribution in [2.75, 3.05) is 19.8 Å². The third kappa shape index (κ3) is 5.32. The number of hydrogen-bond donors (Lipinski definition) is 0. The van der Waals surface area contributed by atoms with Crippen LogP contribution >= 0.6 is 0 Å². The van der Waals surface area contributed by atoms with Gasteiger partial charge in [-0.3, -0.25) is 4.90 Å². The van der Waals surface area contributed by atoms with Crippen molar-refractivity contribution in [3.63, 3.8) is 0 Å². The number of esters is 1. The average Bonchev–Trinajstić information content (AvgIpc) is 2.14. The van der Waals surface area contributed by atoms with E-state index < -0.39 is 0 Å². The lowest BCUT2D eigenvalue weighted by atomic mass is 10.4. The van der Waals surface area contributed by atoms with Gasteiger partial charge in [0.2, 0.25) is 0 Å². The van der Waals surface area contributed by atoms with Crippen LogP contribution in [0.5, 0.6) is 0 Å². The van der Waals surface area contributed by atoms with E-state index >= 15 is 0 Å². The predicted molar refractivity (Wildman–Crippen MR) is 57.7 cm³/mol. The highest BCUT2D eigenvalue weighted by molar-refractivity contribution is 5.86. The molecule has 78 valence electrons. The Morgan fingerprint density at radius 1 is 1.36 bits per heavy atom. The molecule has 3 nitrogen and oxygen atoms in total. The molecule has 0 heterocycles. The largest absolute Gasteiger partial charge is 0.446 e. The van der Waals surface area contributed by atoms with Crippen LogP contribution in [-0.2, 0) is 9.53 Å². The Morgan fingerprint density at radius 2 is 1.86 bits per heavy atom. The van der Waals surface area contributed by atoms with Gasteiger partial charge < -0.3 is 4.74 Å². The second-order valence-electron chi connectivity index (χ2n) is 2.95. The fraction of sp³-hybridized carbons (Fsp3) is 0.364. The SMILES string of the molecule is C=CCN(CC=C)COC(=O)C(=C)C. The lowest BCUT2D eigenvalue weighted by Crippen LogP contribution is -2.28. The van der Waals surface area contributed by atoms with Gasteiger partial charge in [0.1, 0.15) is 6.73 Å². The molecular formula is C11H17NO2. The molecule has 0 saturated heterocycles. The van der Waals surface area contributed by atoms with Crippen molar-refractivity contribution in [2.45, 2.75) is 6.92 Å². The first-order valence-electron chi connectivity index (χ1n) is 4.38.